The highest BCUT2D eigenvalue weighted by Gasteiger charge is 2.56. The minimum Gasteiger partial charge on any atom is -0.311 e. The smallest absolute Gasteiger partial charge is 0.251 e. The maximum absolute atomic E-state index is 2.88. The highest BCUT2D eigenvalue weighted by Crippen LogP contribution is 2.46. The topological polar surface area (TPSA) is 6.48 Å². The van der Waals surface area contributed by atoms with Crippen LogP contribution in [0.25, 0.3) is 0 Å². The van der Waals surface area contributed by atoms with E-state index in [1.54, 1.807) is 0 Å². The summed E-state index contributed by atoms with van der Waals surface area (Å²) in [6.07, 6.45) is 0. The standard InChI is InChI=1S/C53H53BN2Si2/c1-52(2,3)36-33-37(53(4,5)6)35-39(34-36)56-44-24-16-23-43-49(44)54-50-45(55(43)38-29-31-40(32-30-38)57(7,8)9)25-17-27-47(50)58(41-19-12-10-13-20-41,42-21-14-11-15-22-42)48-28-18-26-46(56)51(48)54/h10-35H,1-9H3. The number of nitrogens with zero attached hydrogens (tertiary/aromatic N) is 2. The molecule has 0 bridgehead atoms. The second-order valence-corrected chi connectivity index (χ2v) is 28.6. The molecule has 0 saturated heterocycles. The van der Waals surface area contributed by atoms with Crippen molar-refractivity contribution in [2.75, 3.05) is 9.80 Å². The summed E-state index contributed by atoms with van der Waals surface area (Å²) in [5.74, 6) is 0. The Morgan fingerprint density at radius 2 is 0.845 bits per heavy atom. The van der Waals surface area contributed by atoms with Gasteiger partial charge in [0.1, 0.15) is 0 Å². The third-order valence-corrected chi connectivity index (χ3v) is 20.1. The molecule has 2 nitrogen and oxygen atoms in total. The second-order valence-electron chi connectivity index (χ2n) is 19.8. The highest BCUT2D eigenvalue weighted by atomic mass is 28.3. The Morgan fingerprint density at radius 1 is 0.431 bits per heavy atom. The van der Waals surface area contributed by atoms with Crippen LogP contribution in [0.5, 0.6) is 0 Å². The van der Waals surface area contributed by atoms with Gasteiger partial charge in [0.2, 0.25) is 0 Å². The second kappa shape index (κ2) is 12.8. The van der Waals surface area contributed by atoms with E-state index in [1.807, 2.05) is 0 Å². The van der Waals surface area contributed by atoms with Crippen molar-refractivity contribution >= 4 is 99.3 Å². The first kappa shape index (κ1) is 36.9. The van der Waals surface area contributed by atoms with Gasteiger partial charge in [-0.05, 0) is 108 Å². The van der Waals surface area contributed by atoms with Crippen LogP contribution >= 0.6 is 0 Å². The van der Waals surface area contributed by atoms with Gasteiger partial charge in [0.15, 0.2) is 8.07 Å². The first-order chi connectivity index (χ1) is 27.7. The van der Waals surface area contributed by atoms with Crippen molar-refractivity contribution < 1.29 is 0 Å². The molecule has 0 aromatic heterocycles. The number of anilines is 6. The summed E-state index contributed by atoms with van der Waals surface area (Å²) in [6.45, 7) is 21.5. The molecule has 0 unspecified atom stereocenters. The molecule has 3 heterocycles. The van der Waals surface area contributed by atoms with Crippen molar-refractivity contribution in [2.45, 2.75) is 72.0 Å². The van der Waals surface area contributed by atoms with E-state index >= 15 is 0 Å². The Morgan fingerprint density at radius 3 is 1.28 bits per heavy atom. The predicted molar refractivity (Wildman–Crippen MR) is 258 cm³/mol. The third-order valence-electron chi connectivity index (χ3n) is 13.2. The lowest BCUT2D eigenvalue weighted by molar-refractivity contribution is 0.569. The lowest BCUT2D eigenvalue weighted by Crippen LogP contribution is -2.88. The summed E-state index contributed by atoms with van der Waals surface area (Å²) in [5, 5.41) is 7.33. The molecule has 0 aliphatic carbocycles. The summed E-state index contributed by atoms with van der Waals surface area (Å²) >= 11 is 0. The Hall–Kier alpha value is -5.36. The van der Waals surface area contributed by atoms with Gasteiger partial charge >= 0.3 is 0 Å². The molecule has 0 amide bonds. The monoisotopic (exact) mass is 784 g/mol. The quantitative estimate of drug-likeness (QED) is 0.162. The van der Waals surface area contributed by atoms with Gasteiger partial charge in [-0.15, -0.1) is 0 Å². The van der Waals surface area contributed by atoms with Crippen molar-refractivity contribution in [3.63, 3.8) is 0 Å². The van der Waals surface area contributed by atoms with E-state index in [0.29, 0.717) is 0 Å². The van der Waals surface area contributed by atoms with Crippen molar-refractivity contribution in [1.29, 1.82) is 0 Å². The van der Waals surface area contributed by atoms with Crippen LogP contribution in [-0.2, 0) is 10.8 Å². The van der Waals surface area contributed by atoms with Gasteiger partial charge in [0, 0.05) is 34.1 Å². The Labute approximate surface area is 348 Å². The molecule has 3 aliphatic heterocycles. The molecule has 286 valence electrons. The zero-order valence-electron chi connectivity index (χ0n) is 35.5. The lowest BCUT2D eigenvalue weighted by atomic mass is 9.33. The van der Waals surface area contributed by atoms with Crippen LogP contribution in [0.1, 0.15) is 52.7 Å². The van der Waals surface area contributed by atoms with Crippen LogP contribution in [0.4, 0.5) is 34.1 Å². The van der Waals surface area contributed by atoms with E-state index in [2.05, 4.69) is 229 Å². The van der Waals surface area contributed by atoms with E-state index < -0.39 is 16.1 Å². The zero-order valence-corrected chi connectivity index (χ0v) is 37.5. The van der Waals surface area contributed by atoms with Crippen molar-refractivity contribution in [3.05, 3.63) is 169 Å². The van der Waals surface area contributed by atoms with Crippen LogP contribution in [0.15, 0.2) is 158 Å². The van der Waals surface area contributed by atoms with Gasteiger partial charge in [-0.25, -0.2) is 0 Å². The van der Waals surface area contributed by atoms with Gasteiger partial charge in [0.05, 0.1) is 8.07 Å². The molecule has 0 radical (unpaired) electrons. The molecule has 0 fully saturated rings. The molecule has 0 spiro atoms. The van der Waals surface area contributed by atoms with Gasteiger partial charge in [0.25, 0.3) is 6.71 Å². The van der Waals surface area contributed by atoms with E-state index in [0.717, 1.165) is 0 Å². The molecule has 58 heavy (non-hydrogen) atoms. The first-order valence-corrected chi connectivity index (χ1v) is 26.6. The van der Waals surface area contributed by atoms with Crippen molar-refractivity contribution in [1.82, 2.24) is 0 Å². The molecule has 0 N–H and O–H groups in total. The SMILES string of the molecule is CC(C)(C)c1cc(N2c3cccc4c3B3c5c(cccc5[Si](c5ccccc5)(c5ccccc5)c5cccc2c53)N4c2ccc([Si](C)(C)C)cc2)cc(C(C)(C)C)c1. The van der Waals surface area contributed by atoms with Crippen LogP contribution in [0.3, 0.4) is 0 Å². The van der Waals surface area contributed by atoms with Crippen LogP contribution in [-0.4, -0.2) is 22.9 Å². The first-order valence-electron chi connectivity index (χ1n) is 21.1. The van der Waals surface area contributed by atoms with E-state index in [1.165, 1.54) is 87.6 Å². The third kappa shape index (κ3) is 5.36. The van der Waals surface area contributed by atoms with Gasteiger partial charge in [-0.2, -0.15) is 0 Å². The maximum Gasteiger partial charge on any atom is 0.251 e. The molecule has 3 aliphatic rings. The maximum atomic E-state index is 2.64. The molecular formula is C53H53BN2Si2. The Balaban J connectivity index is 1.37. The normalized spacial score (nSPS) is 15.0. The fourth-order valence-electron chi connectivity index (χ4n) is 10.3. The summed E-state index contributed by atoms with van der Waals surface area (Å²) in [7, 11) is -4.38. The summed E-state index contributed by atoms with van der Waals surface area (Å²) in [6, 6.07) is 61.6. The average Bonchev–Trinajstić information content (AvgIpc) is 3.21. The molecule has 0 atom stereocenters. The molecule has 7 aromatic rings. The fraction of sp³-hybridized carbons (Fsp3) is 0.208. The predicted octanol–water partition coefficient (Wildman–Crippen LogP) is 8.60. The van der Waals surface area contributed by atoms with Gasteiger partial charge in [-0.1, -0.05) is 176 Å². The average molecular weight is 785 g/mol. The molecule has 7 aromatic carbocycles. The number of benzene rings is 7. The van der Waals surface area contributed by atoms with Crippen molar-refractivity contribution in [2.24, 2.45) is 0 Å². The number of hydrogen-bond acceptors (Lipinski definition) is 2. The van der Waals surface area contributed by atoms with Crippen molar-refractivity contribution in [3.8, 4) is 0 Å². The molecular weight excluding hydrogens is 732 g/mol. The number of hydrogen-bond donors (Lipinski definition) is 0. The zero-order chi connectivity index (χ0) is 40.4. The Bertz CT molecular complexity index is 2670. The molecule has 0 saturated carbocycles. The highest BCUT2D eigenvalue weighted by molar-refractivity contribution is 7.27. The number of rotatable bonds is 5. The minimum atomic E-state index is -2.88. The minimum absolute atomic E-state index is 0.0179. The largest absolute Gasteiger partial charge is 0.311 e. The summed E-state index contributed by atoms with van der Waals surface area (Å²) < 4.78 is 0. The summed E-state index contributed by atoms with van der Waals surface area (Å²) in [4.78, 5) is 5.24. The van der Waals surface area contributed by atoms with Crippen LogP contribution in [0, 0.1) is 0 Å². The molecule has 5 heteroatoms. The van der Waals surface area contributed by atoms with E-state index in [4.69, 9.17) is 0 Å². The fourth-order valence-corrected chi connectivity index (χ4v) is 16.7. The van der Waals surface area contributed by atoms with Crippen LogP contribution in [0.2, 0.25) is 19.6 Å². The van der Waals surface area contributed by atoms with Crippen LogP contribution < -0.4 is 52.1 Å². The Kier molecular flexibility index (Phi) is 8.16. The van der Waals surface area contributed by atoms with Gasteiger partial charge < -0.3 is 9.80 Å². The van der Waals surface area contributed by atoms with Gasteiger partial charge in [-0.3, -0.25) is 0 Å². The lowest BCUT2D eigenvalue weighted by Gasteiger charge is -2.51. The van der Waals surface area contributed by atoms with E-state index in [-0.39, 0.29) is 17.5 Å². The molecule has 10 rings (SSSR count). The van der Waals surface area contributed by atoms with E-state index in [9.17, 15) is 0 Å². The summed E-state index contributed by atoms with van der Waals surface area (Å²) in [5.41, 5.74) is 14.6.